The molecule has 0 aliphatic rings. The number of nitrogens with zero attached hydrogens (tertiary/aromatic N) is 1. The van der Waals surface area contributed by atoms with Crippen LogP contribution >= 0.6 is 11.6 Å². The van der Waals surface area contributed by atoms with Gasteiger partial charge in [0, 0.05) is 0 Å². The summed E-state index contributed by atoms with van der Waals surface area (Å²) >= 11 is 5.92. The number of carbonyl (C=O) groups excluding carboxylic acids is 3. The second-order valence-electron chi connectivity index (χ2n) is 4.98. The largest absolute Gasteiger partial charge is 0.546 e. The third kappa shape index (κ3) is 6.08. The van der Waals surface area contributed by atoms with Gasteiger partial charge < -0.3 is 20.0 Å². The Kier molecular flexibility index (Phi) is 6.84. The Hall–Kier alpha value is -3.46. The van der Waals surface area contributed by atoms with Gasteiger partial charge in [0.15, 0.2) is 0 Å². The quantitative estimate of drug-likeness (QED) is 0.426. The topological polar surface area (TPSA) is 120 Å². The molecular weight excluding hydrogens is 381 g/mol. The minimum Gasteiger partial charge on any atom is -0.546 e. The Labute approximate surface area is 157 Å². The van der Waals surface area contributed by atoms with E-state index in [2.05, 4.69) is 10.4 Å². The van der Waals surface area contributed by atoms with E-state index in [1.807, 2.05) is 5.43 Å². The summed E-state index contributed by atoms with van der Waals surface area (Å²) in [7, 11) is 0. The lowest BCUT2D eigenvalue weighted by Gasteiger charge is -2.08. The number of aliphatic carboxylic acids is 1. The number of ether oxygens (including phenoxy) is 1. The van der Waals surface area contributed by atoms with Crippen LogP contribution in [0.15, 0.2) is 47.6 Å². The first-order valence-electron chi connectivity index (χ1n) is 7.38. The van der Waals surface area contributed by atoms with Gasteiger partial charge in [0.1, 0.15) is 18.2 Å². The summed E-state index contributed by atoms with van der Waals surface area (Å²) in [6.45, 7) is -0.652. The first-order valence-corrected chi connectivity index (χ1v) is 7.75. The van der Waals surface area contributed by atoms with Crippen molar-refractivity contribution in [3.05, 3.63) is 58.9 Å². The fourth-order valence-electron chi connectivity index (χ4n) is 1.81. The highest BCUT2D eigenvalue weighted by molar-refractivity contribution is 6.39. The molecule has 27 heavy (non-hydrogen) atoms. The average molecular weight is 393 g/mol. The summed E-state index contributed by atoms with van der Waals surface area (Å²) in [4.78, 5) is 33.7. The van der Waals surface area contributed by atoms with Crippen molar-refractivity contribution in [2.75, 3.05) is 11.9 Å². The smallest absolute Gasteiger partial charge is 0.329 e. The summed E-state index contributed by atoms with van der Waals surface area (Å²) in [5.74, 6) is -4.15. The van der Waals surface area contributed by atoms with Crippen molar-refractivity contribution in [3.8, 4) is 5.75 Å². The lowest BCUT2D eigenvalue weighted by atomic mass is 10.2. The molecule has 0 aliphatic carbocycles. The van der Waals surface area contributed by atoms with E-state index in [0.717, 1.165) is 6.07 Å². The van der Waals surface area contributed by atoms with Crippen molar-refractivity contribution >= 4 is 41.3 Å². The third-order valence-electron chi connectivity index (χ3n) is 3.01. The van der Waals surface area contributed by atoms with Crippen molar-refractivity contribution in [1.29, 1.82) is 0 Å². The van der Waals surface area contributed by atoms with Gasteiger partial charge in [-0.15, -0.1) is 0 Å². The van der Waals surface area contributed by atoms with Crippen LogP contribution in [0.3, 0.4) is 0 Å². The first-order chi connectivity index (χ1) is 12.9. The molecule has 0 atom stereocenters. The summed E-state index contributed by atoms with van der Waals surface area (Å²) in [5, 5.41) is 16.2. The molecule has 0 aliphatic heterocycles. The molecule has 0 saturated carbocycles. The zero-order chi connectivity index (χ0) is 19.8. The molecule has 2 N–H and O–H groups in total. The number of carboxylic acids is 1. The van der Waals surface area contributed by atoms with Crippen LogP contribution in [-0.4, -0.2) is 30.6 Å². The maximum absolute atomic E-state index is 13.4. The van der Waals surface area contributed by atoms with Crippen LogP contribution in [0.4, 0.5) is 10.1 Å². The number of hydrazone groups is 1. The molecule has 0 aromatic heterocycles. The number of hydrogen-bond donors (Lipinski definition) is 2. The van der Waals surface area contributed by atoms with Gasteiger partial charge >= 0.3 is 11.8 Å². The van der Waals surface area contributed by atoms with E-state index in [0.29, 0.717) is 5.56 Å². The van der Waals surface area contributed by atoms with Crippen molar-refractivity contribution in [2.24, 2.45) is 5.10 Å². The zero-order valence-electron chi connectivity index (χ0n) is 13.6. The molecular formula is C17H12ClFN3O5-. The highest BCUT2D eigenvalue weighted by atomic mass is 35.5. The van der Waals surface area contributed by atoms with Gasteiger partial charge in [-0.1, -0.05) is 23.7 Å². The number of carboxylic acid groups (broad SMARTS) is 1. The Morgan fingerprint density at radius 3 is 2.59 bits per heavy atom. The lowest BCUT2D eigenvalue weighted by Crippen LogP contribution is -2.32. The van der Waals surface area contributed by atoms with E-state index >= 15 is 0 Å². The van der Waals surface area contributed by atoms with Crippen LogP contribution in [-0.2, 0) is 14.4 Å². The first kappa shape index (κ1) is 19.9. The Bertz CT molecular complexity index is 904. The second-order valence-corrected chi connectivity index (χ2v) is 5.39. The van der Waals surface area contributed by atoms with Crippen molar-refractivity contribution in [2.45, 2.75) is 0 Å². The Morgan fingerprint density at radius 2 is 1.93 bits per heavy atom. The molecule has 2 aromatic carbocycles. The summed E-state index contributed by atoms with van der Waals surface area (Å²) < 4.78 is 18.3. The van der Waals surface area contributed by atoms with Crippen LogP contribution in [0.2, 0.25) is 5.02 Å². The SMILES string of the molecule is O=C([O-])COc1ccc(/C=N\NC(=O)C(=O)Nc2ccccc2F)cc1Cl. The Morgan fingerprint density at radius 1 is 1.19 bits per heavy atom. The standard InChI is InChI=1S/C17H13ClFN3O5/c18-11-7-10(5-6-14(11)27-9-15(23)24)8-20-22-17(26)16(25)21-13-4-2-1-3-12(13)19/h1-8H,9H2,(H,21,25)(H,22,26)(H,23,24)/p-1/b20-8-. The minimum atomic E-state index is -1.40. The van der Waals surface area contributed by atoms with E-state index in [1.165, 1.54) is 42.6 Å². The third-order valence-corrected chi connectivity index (χ3v) is 3.30. The minimum absolute atomic E-state index is 0.115. The van der Waals surface area contributed by atoms with Crippen LogP contribution in [0.25, 0.3) is 0 Å². The van der Waals surface area contributed by atoms with Gasteiger partial charge in [0.25, 0.3) is 0 Å². The summed E-state index contributed by atoms with van der Waals surface area (Å²) in [5.41, 5.74) is 2.28. The maximum atomic E-state index is 13.4. The van der Waals surface area contributed by atoms with Gasteiger partial charge in [-0.25, -0.2) is 9.82 Å². The zero-order valence-corrected chi connectivity index (χ0v) is 14.3. The molecule has 0 heterocycles. The fourth-order valence-corrected chi connectivity index (χ4v) is 2.05. The molecule has 0 spiro atoms. The van der Waals surface area contributed by atoms with Crippen LogP contribution in [0, 0.1) is 5.82 Å². The van der Waals surface area contributed by atoms with Crippen LogP contribution in [0.1, 0.15) is 5.56 Å². The molecule has 2 rings (SSSR count). The number of halogens is 2. The normalized spacial score (nSPS) is 10.4. The molecule has 0 saturated heterocycles. The molecule has 8 nitrogen and oxygen atoms in total. The van der Waals surface area contributed by atoms with E-state index in [4.69, 9.17) is 16.3 Å². The molecule has 2 aromatic rings. The molecule has 0 unspecified atom stereocenters. The number of nitrogens with one attached hydrogen (secondary N) is 2. The fraction of sp³-hybridized carbons (Fsp3) is 0.0588. The van der Waals surface area contributed by atoms with Gasteiger partial charge in [-0.05, 0) is 35.9 Å². The highest BCUT2D eigenvalue weighted by Crippen LogP contribution is 2.24. The number of hydrogen-bond acceptors (Lipinski definition) is 6. The number of benzene rings is 2. The summed E-state index contributed by atoms with van der Waals surface area (Å²) in [6.07, 6.45) is 1.20. The molecule has 0 fully saturated rings. The number of anilines is 1. The summed E-state index contributed by atoms with van der Waals surface area (Å²) in [6, 6.07) is 9.67. The van der Waals surface area contributed by atoms with E-state index in [1.54, 1.807) is 0 Å². The molecule has 0 radical (unpaired) electrons. The predicted octanol–water partition coefficient (Wildman–Crippen LogP) is 0.697. The van der Waals surface area contributed by atoms with Gasteiger partial charge in [0.05, 0.1) is 22.9 Å². The van der Waals surface area contributed by atoms with Crippen LogP contribution < -0.4 is 20.6 Å². The Balaban J connectivity index is 1.91. The van der Waals surface area contributed by atoms with Crippen molar-refractivity contribution < 1.29 is 28.6 Å². The monoisotopic (exact) mass is 392 g/mol. The van der Waals surface area contributed by atoms with E-state index < -0.39 is 30.2 Å². The molecule has 10 heteroatoms. The molecule has 2 amide bonds. The van der Waals surface area contributed by atoms with Crippen LogP contribution in [0.5, 0.6) is 5.75 Å². The number of amides is 2. The number of para-hydroxylation sites is 1. The lowest BCUT2D eigenvalue weighted by molar-refractivity contribution is -0.307. The average Bonchev–Trinajstić information content (AvgIpc) is 2.62. The maximum Gasteiger partial charge on any atom is 0.329 e. The van der Waals surface area contributed by atoms with Gasteiger partial charge in [0.2, 0.25) is 0 Å². The van der Waals surface area contributed by atoms with Gasteiger partial charge in [-0.2, -0.15) is 5.10 Å². The highest BCUT2D eigenvalue weighted by Gasteiger charge is 2.14. The second kappa shape index (κ2) is 9.30. The van der Waals surface area contributed by atoms with E-state index in [9.17, 15) is 23.9 Å². The van der Waals surface area contributed by atoms with Crippen molar-refractivity contribution in [3.63, 3.8) is 0 Å². The number of rotatable bonds is 6. The van der Waals surface area contributed by atoms with Crippen molar-refractivity contribution in [1.82, 2.24) is 5.43 Å². The van der Waals surface area contributed by atoms with Gasteiger partial charge in [-0.3, -0.25) is 9.59 Å². The number of carbonyl (C=O) groups is 3. The molecule has 140 valence electrons. The van der Waals surface area contributed by atoms with E-state index in [-0.39, 0.29) is 16.5 Å². The predicted molar refractivity (Wildman–Crippen MR) is 92.7 cm³/mol. The molecule has 0 bridgehead atoms.